The summed E-state index contributed by atoms with van der Waals surface area (Å²) in [5, 5.41) is 14.9. The second-order valence-corrected chi connectivity index (χ2v) is 8.79. The summed E-state index contributed by atoms with van der Waals surface area (Å²) in [6, 6.07) is 17.5. The lowest BCUT2D eigenvalue weighted by Gasteiger charge is -2.26. The molecule has 0 saturated carbocycles. The number of anilines is 1. The minimum atomic E-state index is -0.391. The third-order valence-electron chi connectivity index (χ3n) is 4.65. The Morgan fingerprint density at radius 2 is 1.94 bits per heavy atom. The Morgan fingerprint density at radius 3 is 2.75 bits per heavy atom. The van der Waals surface area contributed by atoms with Crippen LogP contribution in [0.2, 0.25) is 0 Å². The van der Waals surface area contributed by atoms with Crippen LogP contribution in [0.5, 0.6) is 11.5 Å². The molecular formula is C22H19N5O3S2. The Kier molecular flexibility index (Phi) is 5.78. The quantitative estimate of drug-likeness (QED) is 0.420. The summed E-state index contributed by atoms with van der Waals surface area (Å²) in [6.07, 6.45) is -0.391. The van der Waals surface area contributed by atoms with Gasteiger partial charge in [-0.1, -0.05) is 42.1 Å². The average molecular weight is 466 g/mol. The third kappa shape index (κ3) is 4.32. The number of rotatable bonds is 6. The molecular weight excluding hydrogens is 446 g/mol. The Hall–Kier alpha value is -3.37. The Morgan fingerprint density at radius 1 is 1.16 bits per heavy atom. The van der Waals surface area contributed by atoms with Crippen molar-refractivity contribution in [2.45, 2.75) is 23.9 Å². The normalized spacial score (nSPS) is 14.8. The molecule has 2 aromatic carbocycles. The summed E-state index contributed by atoms with van der Waals surface area (Å²) >= 11 is 2.92. The fourth-order valence-corrected chi connectivity index (χ4v) is 4.98. The van der Waals surface area contributed by atoms with Gasteiger partial charge in [0.1, 0.15) is 6.61 Å². The highest BCUT2D eigenvalue weighted by Gasteiger charge is 2.29. The highest BCUT2D eigenvalue weighted by molar-refractivity contribution is 7.98. The molecule has 32 heavy (non-hydrogen) atoms. The van der Waals surface area contributed by atoms with E-state index < -0.39 is 6.10 Å². The number of carbonyl (C=O) groups excluding carboxylic acids is 1. The van der Waals surface area contributed by atoms with Gasteiger partial charge in [-0.3, -0.25) is 9.36 Å². The van der Waals surface area contributed by atoms with E-state index >= 15 is 0 Å². The van der Waals surface area contributed by atoms with Gasteiger partial charge in [0.05, 0.1) is 5.69 Å². The highest BCUT2D eigenvalue weighted by atomic mass is 32.2. The molecule has 10 heteroatoms. The summed E-state index contributed by atoms with van der Waals surface area (Å²) < 4.78 is 14.1. The number of hydrogen-bond donors (Lipinski definition) is 1. The number of aromatic nitrogens is 4. The Bertz CT molecular complexity index is 1240. The summed E-state index contributed by atoms with van der Waals surface area (Å²) in [4.78, 5) is 15.7. The van der Waals surface area contributed by atoms with Crippen LogP contribution in [0.3, 0.4) is 0 Å². The number of benzene rings is 2. The molecule has 1 N–H and O–H groups in total. The molecule has 0 aliphatic carbocycles. The number of amides is 1. The van der Waals surface area contributed by atoms with E-state index in [1.54, 1.807) is 0 Å². The van der Waals surface area contributed by atoms with E-state index in [2.05, 4.69) is 20.5 Å². The zero-order valence-electron chi connectivity index (χ0n) is 17.1. The first-order valence-corrected chi connectivity index (χ1v) is 11.8. The molecule has 0 spiro atoms. The van der Waals surface area contributed by atoms with Crippen LogP contribution < -0.4 is 14.8 Å². The zero-order valence-corrected chi connectivity index (χ0v) is 18.7. The monoisotopic (exact) mass is 465 g/mol. The van der Waals surface area contributed by atoms with Gasteiger partial charge in [-0.2, -0.15) is 0 Å². The highest BCUT2D eigenvalue weighted by Crippen LogP contribution is 2.37. The van der Waals surface area contributed by atoms with E-state index in [4.69, 9.17) is 9.47 Å². The minimum absolute atomic E-state index is 0.136. The number of thioether (sulfide) groups is 1. The molecule has 1 aliphatic heterocycles. The molecule has 5 rings (SSSR count). The molecule has 2 aromatic heterocycles. The van der Waals surface area contributed by atoms with Crippen molar-refractivity contribution >= 4 is 34.1 Å². The van der Waals surface area contributed by atoms with Crippen LogP contribution in [-0.2, 0) is 10.5 Å². The van der Waals surface area contributed by atoms with Crippen LogP contribution >= 0.6 is 23.1 Å². The van der Waals surface area contributed by atoms with Crippen LogP contribution in [0.4, 0.5) is 5.13 Å². The first-order valence-electron chi connectivity index (χ1n) is 9.91. The van der Waals surface area contributed by atoms with Crippen LogP contribution in [-0.4, -0.2) is 32.3 Å². The van der Waals surface area contributed by atoms with Gasteiger partial charge in [-0.25, -0.2) is 4.98 Å². The van der Waals surface area contributed by atoms with Crippen molar-refractivity contribution in [2.24, 2.45) is 0 Å². The fraction of sp³-hybridized carbons (Fsp3) is 0.182. The van der Waals surface area contributed by atoms with Crippen LogP contribution in [0.1, 0.15) is 24.5 Å². The van der Waals surface area contributed by atoms with Gasteiger partial charge in [0, 0.05) is 23.7 Å². The molecule has 0 unspecified atom stereocenters. The molecule has 4 aromatic rings. The van der Waals surface area contributed by atoms with Crippen molar-refractivity contribution in [1.29, 1.82) is 0 Å². The molecule has 1 amide bonds. The third-order valence-corrected chi connectivity index (χ3v) is 6.42. The van der Waals surface area contributed by atoms with Crippen molar-refractivity contribution in [1.82, 2.24) is 19.7 Å². The van der Waals surface area contributed by atoms with Crippen LogP contribution in [0.15, 0.2) is 65.1 Å². The van der Waals surface area contributed by atoms with Crippen molar-refractivity contribution in [3.63, 3.8) is 0 Å². The van der Waals surface area contributed by atoms with Crippen LogP contribution in [0, 0.1) is 0 Å². The maximum absolute atomic E-state index is 11.2. The molecule has 0 saturated heterocycles. The van der Waals surface area contributed by atoms with E-state index in [1.165, 1.54) is 30.0 Å². The summed E-state index contributed by atoms with van der Waals surface area (Å²) in [5.74, 6) is 2.54. The summed E-state index contributed by atoms with van der Waals surface area (Å²) in [5.41, 5.74) is 1.80. The largest absolute Gasteiger partial charge is 0.485 e. The SMILES string of the molecule is CC(=O)Nc1nc(CSc2nnc([C@H]3COc4ccccc4O3)n2-c2ccccc2)cs1. The molecule has 3 heterocycles. The predicted molar refractivity (Wildman–Crippen MR) is 123 cm³/mol. The Labute approximate surface area is 192 Å². The maximum atomic E-state index is 11.2. The lowest BCUT2D eigenvalue weighted by molar-refractivity contribution is -0.114. The Balaban J connectivity index is 1.42. The number of hydrogen-bond acceptors (Lipinski definition) is 8. The maximum Gasteiger partial charge on any atom is 0.223 e. The van der Waals surface area contributed by atoms with Gasteiger partial charge in [0.25, 0.3) is 0 Å². The molecule has 162 valence electrons. The van der Waals surface area contributed by atoms with Gasteiger partial charge in [-0.05, 0) is 24.3 Å². The zero-order chi connectivity index (χ0) is 21.9. The fourth-order valence-electron chi connectivity index (χ4n) is 3.27. The molecule has 0 fully saturated rings. The topological polar surface area (TPSA) is 91.2 Å². The summed E-state index contributed by atoms with van der Waals surface area (Å²) in [6.45, 7) is 1.81. The lowest BCUT2D eigenvalue weighted by Crippen LogP contribution is -2.24. The van der Waals surface area contributed by atoms with Crippen molar-refractivity contribution in [3.8, 4) is 17.2 Å². The van der Waals surface area contributed by atoms with Crippen LogP contribution in [0.25, 0.3) is 5.69 Å². The van der Waals surface area contributed by atoms with E-state index in [-0.39, 0.29) is 5.91 Å². The number of ether oxygens (including phenoxy) is 2. The second kappa shape index (κ2) is 9.01. The minimum Gasteiger partial charge on any atom is -0.485 e. The number of carbonyl (C=O) groups is 1. The van der Waals surface area contributed by atoms with Crippen molar-refractivity contribution in [2.75, 3.05) is 11.9 Å². The first kappa shape index (κ1) is 20.5. The lowest BCUT2D eigenvalue weighted by atomic mass is 10.2. The molecule has 1 aliphatic rings. The van der Waals surface area contributed by atoms with Gasteiger partial charge >= 0.3 is 0 Å². The van der Waals surface area contributed by atoms with Gasteiger partial charge < -0.3 is 14.8 Å². The molecule has 0 radical (unpaired) electrons. The number of nitrogens with zero attached hydrogens (tertiary/aromatic N) is 4. The van der Waals surface area contributed by atoms with Gasteiger partial charge in [0.2, 0.25) is 5.91 Å². The van der Waals surface area contributed by atoms with Crippen molar-refractivity contribution in [3.05, 3.63) is 71.5 Å². The first-order chi connectivity index (χ1) is 15.7. The van der Waals surface area contributed by atoms with E-state index in [1.807, 2.05) is 64.5 Å². The summed E-state index contributed by atoms with van der Waals surface area (Å²) in [7, 11) is 0. The average Bonchev–Trinajstić information content (AvgIpc) is 3.44. The number of nitrogens with one attached hydrogen (secondary N) is 1. The van der Waals surface area contributed by atoms with Gasteiger partial charge in [0.15, 0.2) is 33.7 Å². The molecule has 0 bridgehead atoms. The number of thiazole rings is 1. The molecule has 8 nitrogen and oxygen atoms in total. The smallest absolute Gasteiger partial charge is 0.223 e. The molecule has 1 atom stereocenters. The van der Waals surface area contributed by atoms with Crippen molar-refractivity contribution < 1.29 is 14.3 Å². The van der Waals surface area contributed by atoms with E-state index in [0.717, 1.165) is 22.3 Å². The standard InChI is InChI=1S/C22H19N5O3S2/c1-14(28)23-21-24-15(12-31-21)13-32-22-26-25-20(27(22)16-7-3-2-4-8-16)19-11-29-17-9-5-6-10-18(17)30-19/h2-10,12,19H,11,13H2,1H3,(H,23,24,28)/t19-/m1/s1. The second-order valence-electron chi connectivity index (χ2n) is 6.99. The van der Waals surface area contributed by atoms with E-state index in [0.29, 0.717) is 29.1 Å². The predicted octanol–water partition coefficient (Wildman–Crippen LogP) is 4.49. The van der Waals surface area contributed by atoms with E-state index in [9.17, 15) is 4.79 Å². The van der Waals surface area contributed by atoms with Gasteiger partial charge in [-0.15, -0.1) is 21.5 Å². The number of fused-ring (bicyclic) bond motifs is 1. The number of para-hydroxylation sites is 3.